The summed E-state index contributed by atoms with van der Waals surface area (Å²) in [5.74, 6) is -0.202. The first-order valence-electron chi connectivity index (χ1n) is 19.3. The second-order valence-corrected chi connectivity index (χ2v) is 13.0. The van der Waals surface area contributed by atoms with E-state index >= 15 is 0 Å². The van der Waals surface area contributed by atoms with E-state index in [1.165, 1.54) is 167 Å². The van der Waals surface area contributed by atoms with Gasteiger partial charge in [-0.05, 0) is 38.5 Å². The molecule has 256 valence electrons. The molecule has 0 aliphatic heterocycles. The SMILES string of the molecule is CCCCCCCC/C=C\CCCCCCCCCC(=O)OC(CO)COCCCCCCCCCCCCCCCC. The molecular weight excluding hydrogens is 532 g/mol. The Hall–Kier alpha value is -0.870. The highest BCUT2D eigenvalue weighted by atomic mass is 16.6. The lowest BCUT2D eigenvalue weighted by molar-refractivity contribution is -0.154. The summed E-state index contributed by atoms with van der Waals surface area (Å²) in [6.45, 7) is 5.37. The first-order valence-corrected chi connectivity index (χ1v) is 19.3. The third-order valence-electron chi connectivity index (χ3n) is 8.59. The van der Waals surface area contributed by atoms with Crippen LogP contribution in [0.15, 0.2) is 12.2 Å². The monoisotopic (exact) mass is 609 g/mol. The Morgan fingerprint density at radius 2 is 0.907 bits per heavy atom. The Bertz CT molecular complexity index is 561. The van der Waals surface area contributed by atoms with E-state index in [1.807, 2.05) is 0 Å². The van der Waals surface area contributed by atoms with E-state index in [2.05, 4.69) is 26.0 Å². The normalized spacial score (nSPS) is 12.3. The van der Waals surface area contributed by atoms with Crippen LogP contribution in [0.4, 0.5) is 0 Å². The lowest BCUT2D eigenvalue weighted by atomic mass is 10.0. The summed E-state index contributed by atoms with van der Waals surface area (Å²) < 4.78 is 11.1. The van der Waals surface area contributed by atoms with Gasteiger partial charge in [0.05, 0.1) is 13.2 Å². The van der Waals surface area contributed by atoms with Crippen LogP contribution in [0.1, 0.15) is 206 Å². The zero-order valence-corrected chi connectivity index (χ0v) is 29.2. The van der Waals surface area contributed by atoms with Crippen LogP contribution in [0.2, 0.25) is 0 Å². The molecule has 0 aromatic heterocycles. The molecule has 0 spiro atoms. The van der Waals surface area contributed by atoms with Crippen LogP contribution in [0.25, 0.3) is 0 Å². The Morgan fingerprint density at radius 1 is 0.535 bits per heavy atom. The first-order chi connectivity index (χ1) is 21.2. The van der Waals surface area contributed by atoms with Crippen molar-refractivity contribution in [3.05, 3.63) is 12.2 Å². The van der Waals surface area contributed by atoms with E-state index in [9.17, 15) is 9.90 Å². The van der Waals surface area contributed by atoms with Crippen LogP contribution in [-0.4, -0.2) is 37.0 Å². The molecule has 0 saturated heterocycles. The summed E-state index contributed by atoms with van der Waals surface area (Å²) in [5, 5.41) is 9.56. The van der Waals surface area contributed by atoms with Crippen molar-refractivity contribution in [1.29, 1.82) is 0 Å². The van der Waals surface area contributed by atoms with Gasteiger partial charge in [-0.2, -0.15) is 0 Å². The van der Waals surface area contributed by atoms with Crippen molar-refractivity contribution in [3.63, 3.8) is 0 Å². The zero-order chi connectivity index (χ0) is 31.3. The molecule has 1 atom stereocenters. The molecule has 0 aliphatic carbocycles. The minimum Gasteiger partial charge on any atom is -0.457 e. The molecule has 0 aromatic carbocycles. The molecule has 1 N–H and O–H groups in total. The molecule has 4 heteroatoms. The standard InChI is InChI=1S/C39H76O4/c1-3-5-7-9-11-13-15-17-19-20-21-22-24-26-28-30-32-34-39(41)43-38(36-40)37-42-35-33-31-29-27-25-23-18-16-14-12-10-8-6-4-2/h17,19,38,40H,3-16,18,20-37H2,1-2H3/b19-17-. The third-order valence-corrected chi connectivity index (χ3v) is 8.59. The fourth-order valence-electron chi connectivity index (χ4n) is 5.68. The summed E-state index contributed by atoms with van der Waals surface area (Å²) in [7, 11) is 0. The van der Waals surface area contributed by atoms with Gasteiger partial charge in [0.15, 0.2) is 0 Å². The maximum Gasteiger partial charge on any atom is 0.306 e. The number of hydrogen-bond donors (Lipinski definition) is 1. The summed E-state index contributed by atoms with van der Waals surface area (Å²) in [6, 6.07) is 0. The number of unbranched alkanes of at least 4 members (excludes halogenated alkanes) is 26. The van der Waals surface area contributed by atoms with Gasteiger partial charge < -0.3 is 14.6 Å². The molecule has 1 unspecified atom stereocenters. The summed E-state index contributed by atoms with van der Waals surface area (Å²) in [6.07, 6.45) is 42.5. The van der Waals surface area contributed by atoms with Crippen molar-refractivity contribution in [1.82, 2.24) is 0 Å². The van der Waals surface area contributed by atoms with Gasteiger partial charge in [-0.3, -0.25) is 4.79 Å². The number of aliphatic hydroxyl groups excluding tert-OH is 1. The second kappa shape index (κ2) is 37.3. The van der Waals surface area contributed by atoms with Crippen LogP contribution >= 0.6 is 0 Å². The lowest BCUT2D eigenvalue weighted by Crippen LogP contribution is -2.27. The number of carbonyl (C=O) groups excluding carboxylic acids is 1. The van der Waals surface area contributed by atoms with Gasteiger partial charge in [0.1, 0.15) is 6.10 Å². The predicted octanol–water partition coefficient (Wildman–Crippen LogP) is 12.2. The largest absolute Gasteiger partial charge is 0.457 e. The van der Waals surface area contributed by atoms with E-state index in [4.69, 9.17) is 9.47 Å². The van der Waals surface area contributed by atoms with E-state index in [0.29, 0.717) is 19.6 Å². The third kappa shape index (κ3) is 35.5. The molecular formula is C39H76O4. The molecule has 0 aromatic rings. The van der Waals surface area contributed by atoms with Crippen LogP contribution in [0, 0.1) is 0 Å². The van der Waals surface area contributed by atoms with Gasteiger partial charge in [0.25, 0.3) is 0 Å². The smallest absolute Gasteiger partial charge is 0.306 e. The van der Waals surface area contributed by atoms with E-state index in [1.54, 1.807) is 0 Å². The van der Waals surface area contributed by atoms with Crippen molar-refractivity contribution in [2.45, 2.75) is 213 Å². The summed E-state index contributed by atoms with van der Waals surface area (Å²) in [5.41, 5.74) is 0. The van der Waals surface area contributed by atoms with E-state index < -0.39 is 6.10 Å². The highest BCUT2D eigenvalue weighted by Crippen LogP contribution is 2.14. The van der Waals surface area contributed by atoms with Gasteiger partial charge in [0, 0.05) is 13.0 Å². The van der Waals surface area contributed by atoms with Crippen LogP contribution in [0.3, 0.4) is 0 Å². The predicted molar refractivity (Wildman–Crippen MR) is 187 cm³/mol. The van der Waals surface area contributed by atoms with Crippen molar-refractivity contribution >= 4 is 5.97 Å². The van der Waals surface area contributed by atoms with Gasteiger partial charge in [-0.25, -0.2) is 0 Å². The maximum absolute atomic E-state index is 12.1. The van der Waals surface area contributed by atoms with Gasteiger partial charge in [0.2, 0.25) is 0 Å². The average Bonchev–Trinajstić information content (AvgIpc) is 3.01. The highest BCUT2D eigenvalue weighted by molar-refractivity contribution is 5.69. The molecule has 0 amide bonds. The molecule has 0 aliphatic rings. The quantitative estimate of drug-likeness (QED) is 0.0437. The Balaban J connectivity index is 3.41. The first kappa shape index (κ1) is 42.1. The fraction of sp³-hybridized carbons (Fsp3) is 0.923. The molecule has 0 bridgehead atoms. The Morgan fingerprint density at radius 3 is 1.33 bits per heavy atom. The van der Waals surface area contributed by atoms with E-state index in [0.717, 1.165) is 19.3 Å². The maximum atomic E-state index is 12.1. The number of hydrogen-bond acceptors (Lipinski definition) is 4. The number of rotatable bonds is 36. The molecule has 0 heterocycles. The number of esters is 1. The lowest BCUT2D eigenvalue weighted by Gasteiger charge is -2.16. The summed E-state index contributed by atoms with van der Waals surface area (Å²) in [4.78, 5) is 12.1. The van der Waals surface area contributed by atoms with Crippen molar-refractivity contribution in [2.75, 3.05) is 19.8 Å². The number of carbonyl (C=O) groups is 1. The average molecular weight is 609 g/mol. The molecule has 0 rings (SSSR count). The van der Waals surface area contributed by atoms with Crippen LogP contribution in [0.5, 0.6) is 0 Å². The van der Waals surface area contributed by atoms with Gasteiger partial charge in [-0.15, -0.1) is 0 Å². The highest BCUT2D eigenvalue weighted by Gasteiger charge is 2.13. The topological polar surface area (TPSA) is 55.8 Å². The summed E-state index contributed by atoms with van der Waals surface area (Å²) >= 11 is 0. The van der Waals surface area contributed by atoms with Crippen molar-refractivity contribution in [3.8, 4) is 0 Å². The molecule has 43 heavy (non-hydrogen) atoms. The number of ether oxygens (including phenoxy) is 2. The van der Waals surface area contributed by atoms with Crippen molar-refractivity contribution < 1.29 is 19.4 Å². The fourth-order valence-corrected chi connectivity index (χ4v) is 5.68. The van der Waals surface area contributed by atoms with E-state index in [-0.39, 0.29) is 12.6 Å². The van der Waals surface area contributed by atoms with Crippen LogP contribution < -0.4 is 0 Å². The minimum absolute atomic E-state index is 0.168. The van der Waals surface area contributed by atoms with Crippen molar-refractivity contribution in [2.24, 2.45) is 0 Å². The molecule has 0 saturated carbocycles. The molecule has 0 fully saturated rings. The van der Waals surface area contributed by atoms with Crippen LogP contribution in [-0.2, 0) is 14.3 Å². The van der Waals surface area contributed by atoms with Gasteiger partial charge >= 0.3 is 5.97 Å². The second-order valence-electron chi connectivity index (χ2n) is 13.0. The number of aliphatic hydroxyl groups is 1. The zero-order valence-electron chi connectivity index (χ0n) is 29.2. The number of allylic oxidation sites excluding steroid dienone is 2. The molecule has 4 nitrogen and oxygen atoms in total. The molecule has 0 radical (unpaired) electrons. The Labute approximate surface area is 269 Å². The van der Waals surface area contributed by atoms with Gasteiger partial charge in [-0.1, -0.05) is 174 Å². The minimum atomic E-state index is -0.529. The Kier molecular flexibility index (Phi) is 36.6.